The van der Waals surface area contributed by atoms with Crippen LogP contribution in [-0.4, -0.2) is 62.6 Å². The summed E-state index contributed by atoms with van der Waals surface area (Å²) < 4.78 is 21.6. The number of phenols is 1. The maximum Gasteiger partial charge on any atom is 0.119 e. The van der Waals surface area contributed by atoms with E-state index in [0.29, 0.717) is 68.9 Å². The molecule has 5 rings (SSSR count). The third-order valence-electron chi connectivity index (χ3n) is 10.2. The molecule has 6 nitrogen and oxygen atoms in total. The Morgan fingerprint density at radius 1 is 0.867 bits per heavy atom. The molecule has 2 N–H and O–H groups in total. The molecule has 0 heterocycles. The zero-order chi connectivity index (χ0) is 32.1. The van der Waals surface area contributed by atoms with Gasteiger partial charge >= 0.3 is 0 Å². The monoisotopic (exact) mass is 620 g/mol. The van der Waals surface area contributed by atoms with Crippen molar-refractivity contribution in [2.24, 2.45) is 17.3 Å². The largest absolute Gasteiger partial charge is 0.508 e. The minimum absolute atomic E-state index is 0.00342. The van der Waals surface area contributed by atoms with Gasteiger partial charge in [0.25, 0.3) is 0 Å². The Hall–Kier alpha value is -2.56. The second-order valence-corrected chi connectivity index (χ2v) is 13.2. The number of benzene rings is 2. The molecular weight excluding hydrogens is 564 g/mol. The van der Waals surface area contributed by atoms with Gasteiger partial charge in [0.2, 0.25) is 0 Å². The smallest absolute Gasteiger partial charge is 0.119 e. The normalized spacial score (nSPS) is 26.5. The van der Waals surface area contributed by atoms with Gasteiger partial charge in [0, 0.05) is 13.0 Å². The molecule has 0 aromatic heterocycles. The van der Waals surface area contributed by atoms with Gasteiger partial charge in [0.1, 0.15) is 11.5 Å². The van der Waals surface area contributed by atoms with E-state index in [0.717, 1.165) is 70.3 Å². The number of terminal acetylenes is 1. The second kappa shape index (κ2) is 18.0. The number of phenolic OH excluding ortho intramolecular Hbond substituents is 1. The average Bonchev–Trinajstić information content (AvgIpc) is 3.35. The SMILES string of the molecule is C#CCCOCCOCCOCCC.CCCCOc1ccc([C@H]2C[C@@]3(C)C(CC[C@@H]3O)C3CCc4cc(O)ccc4C32)cc1. The standard InChI is InChI=1S/C28H36O3.C11H20O3/c1-3-4-15-31-21-9-5-18(6-10-21)24-17-28(2)25(13-14-26(28)30)23-11-7-19-16-20(29)8-12-22(19)27(23)24;1-3-5-7-13-9-11-14-10-8-12-6-4-2/h5-6,8-10,12,16,23-27,29-30H,3-4,7,11,13-15,17H2,1-2H3;1H,4-11H2,2H3/t23?,24-,25?,26+,27?,28+;/m1./s1. The van der Waals surface area contributed by atoms with Crippen LogP contribution in [0, 0.1) is 29.6 Å². The van der Waals surface area contributed by atoms with Crippen molar-refractivity contribution in [3.8, 4) is 23.8 Å². The molecule has 3 aliphatic rings. The maximum absolute atomic E-state index is 11.0. The molecule has 0 bridgehead atoms. The summed E-state index contributed by atoms with van der Waals surface area (Å²) in [6, 6.07) is 14.8. The third-order valence-corrected chi connectivity index (χ3v) is 10.2. The number of aryl methyl sites for hydroxylation is 1. The first-order chi connectivity index (χ1) is 21.9. The minimum Gasteiger partial charge on any atom is -0.508 e. The van der Waals surface area contributed by atoms with Crippen LogP contribution >= 0.6 is 0 Å². The molecule has 6 heteroatoms. The number of ether oxygens (including phenoxy) is 4. The summed E-state index contributed by atoms with van der Waals surface area (Å²) in [5, 5.41) is 21.0. The summed E-state index contributed by atoms with van der Waals surface area (Å²) in [5.74, 6) is 5.85. The van der Waals surface area contributed by atoms with Crippen LogP contribution in [0.2, 0.25) is 0 Å². The molecule has 45 heavy (non-hydrogen) atoms. The summed E-state index contributed by atoms with van der Waals surface area (Å²) in [4.78, 5) is 0. The number of rotatable bonds is 15. The van der Waals surface area contributed by atoms with Crippen LogP contribution in [0.5, 0.6) is 11.5 Å². The van der Waals surface area contributed by atoms with Crippen molar-refractivity contribution in [3.05, 3.63) is 59.2 Å². The van der Waals surface area contributed by atoms with Crippen LogP contribution in [0.1, 0.15) is 101 Å². The zero-order valence-corrected chi connectivity index (χ0v) is 27.8. The first-order valence-corrected chi connectivity index (χ1v) is 17.3. The van der Waals surface area contributed by atoms with Gasteiger partial charge in [-0.15, -0.1) is 12.3 Å². The van der Waals surface area contributed by atoms with Crippen molar-refractivity contribution in [1.82, 2.24) is 0 Å². The van der Waals surface area contributed by atoms with Gasteiger partial charge in [-0.1, -0.05) is 45.4 Å². The van der Waals surface area contributed by atoms with Crippen LogP contribution < -0.4 is 4.74 Å². The summed E-state index contributed by atoms with van der Waals surface area (Å²) in [7, 11) is 0. The molecule has 0 spiro atoms. The molecule has 0 aliphatic heterocycles. The zero-order valence-electron chi connectivity index (χ0n) is 27.8. The van der Waals surface area contributed by atoms with Gasteiger partial charge in [-0.05, 0) is 115 Å². The van der Waals surface area contributed by atoms with Crippen molar-refractivity contribution in [2.45, 2.75) is 96.5 Å². The molecule has 248 valence electrons. The first kappa shape index (κ1) is 35.3. The van der Waals surface area contributed by atoms with E-state index < -0.39 is 0 Å². The number of aliphatic hydroxyl groups is 1. The number of unbranched alkanes of at least 4 members (excludes halogenated alkanes) is 1. The Morgan fingerprint density at radius 2 is 1.58 bits per heavy atom. The van der Waals surface area contributed by atoms with Crippen molar-refractivity contribution < 1.29 is 29.2 Å². The number of hydrogen-bond donors (Lipinski definition) is 2. The van der Waals surface area contributed by atoms with E-state index in [1.165, 1.54) is 16.7 Å². The Bertz CT molecular complexity index is 1190. The highest BCUT2D eigenvalue weighted by Crippen LogP contribution is 2.65. The lowest BCUT2D eigenvalue weighted by Crippen LogP contribution is -2.47. The van der Waals surface area contributed by atoms with Crippen LogP contribution in [0.3, 0.4) is 0 Å². The van der Waals surface area contributed by atoms with E-state index in [-0.39, 0.29) is 11.5 Å². The van der Waals surface area contributed by atoms with Crippen molar-refractivity contribution in [3.63, 3.8) is 0 Å². The van der Waals surface area contributed by atoms with Crippen molar-refractivity contribution in [1.29, 1.82) is 0 Å². The van der Waals surface area contributed by atoms with E-state index in [4.69, 9.17) is 25.4 Å². The lowest BCUT2D eigenvalue weighted by molar-refractivity contribution is -0.0323. The highest BCUT2D eigenvalue weighted by atomic mass is 16.5. The lowest BCUT2D eigenvalue weighted by atomic mass is 9.51. The highest BCUT2D eigenvalue weighted by molar-refractivity contribution is 5.43. The van der Waals surface area contributed by atoms with Crippen LogP contribution in [0.25, 0.3) is 0 Å². The first-order valence-electron chi connectivity index (χ1n) is 17.3. The molecule has 2 aromatic rings. The number of fused-ring (bicyclic) bond motifs is 5. The van der Waals surface area contributed by atoms with Crippen LogP contribution in [0.4, 0.5) is 0 Å². The number of aromatic hydroxyl groups is 1. The lowest BCUT2D eigenvalue weighted by Gasteiger charge is -2.54. The topological polar surface area (TPSA) is 77.4 Å². The number of hydrogen-bond acceptors (Lipinski definition) is 6. The van der Waals surface area contributed by atoms with Crippen molar-refractivity contribution in [2.75, 3.05) is 46.2 Å². The predicted molar refractivity (Wildman–Crippen MR) is 180 cm³/mol. The fourth-order valence-electron chi connectivity index (χ4n) is 7.96. The van der Waals surface area contributed by atoms with E-state index in [2.05, 4.69) is 57.0 Å². The molecule has 2 aromatic carbocycles. The second-order valence-electron chi connectivity index (χ2n) is 13.2. The van der Waals surface area contributed by atoms with Gasteiger partial charge in [-0.25, -0.2) is 0 Å². The number of aliphatic hydroxyl groups excluding tert-OH is 1. The molecule has 2 saturated carbocycles. The van der Waals surface area contributed by atoms with Crippen molar-refractivity contribution >= 4 is 0 Å². The highest BCUT2D eigenvalue weighted by Gasteiger charge is 2.57. The molecule has 0 saturated heterocycles. The fourth-order valence-corrected chi connectivity index (χ4v) is 7.96. The third kappa shape index (κ3) is 9.26. The molecule has 3 aliphatic carbocycles. The van der Waals surface area contributed by atoms with E-state index in [1.54, 1.807) is 0 Å². The molecular formula is C39H56O6. The Morgan fingerprint density at radius 3 is 2.27 bits per heavy atom. The fraction of sp³-hybridized carbons (Fsp3) is 0.641. The van der Waals surface area contributed by atoms with E-state index in [1.807, 2.05) is 12.1 Å². The van der Waals surface area contributed by atoms with E-state index in [9.17, 15) is 10.2 Å². The maximum atomic E-state index is 11.0. The van der Waals surface area contributed by atoms with Gasteiger partial charge in [-0.3, -0.25) is 0 Å². The van der Waals surface area contributed by atoms with E-state index >= 15 is 0 Å². The van der Waals surface area contributed by atoms with Crippen LogP contribution in [-0.2, 0) is 20.6 Å². The predicted octanol–water partition coefficient (Wildman–Crippen LogP) is 7.65. The van der Waals surface area contributed by atoms with Gasteiger partial charge < -0.3 is 29.2 Å². The Balaban J connectivity index is 0.000000280. The summed E-state index contributed by atoms with van der Waals surface area (Å²) >= 11 is 0. The molecule has 2 fully saturated rings. The van der Waals surface area contributed by atoms with Gasteiger partial charge in [-0.2, -0.15) is 0 Å². The van der Waals surface area contributed by atoms with Gasteiger partial charge in [0.05, 0.1) is 45.7 Å². The molecule has 0 amide bonds. The Labute approximate surface area is 271 Å². The minimum atomic E-state index is -0.196. The van der Waals surface area contributed by atoms with Gasteiger partial charge in [0.15, 0.2) is 0 Å². The quantitative estimate of drug-likeness (QED) is 0.157. The molecule has 3 unspecified atom stereocenters. The Kier molecular flexibility index (Phi) is 14.1. The molecule has 0 radical (unpaired) electrons. The summed E-state index contributed by atoms with van der Waals surface area (Å²) in [6.07, 6.45) is 14.1. The summed E-state index contributed by atoms with van der Waals surface area (Å²) in [6.45, 7) is 11.3. The van der Waals surface area contributed by atoms with Crippen LogP contribution in [0.15, 0.2) is 42.5 Å². The molecule has 6 atom stereocenters. The summed E-state index contributed by atoms with van der Waals surface area (Å²) in [5.41, 5.74) is 4.09. The average molecular weight is 621 g/mol.